The lowest BCUT2D eigenvalue weighted by molar-refractivity contribution is -0.142. The van der Waals surface area contributed by atoms with Gasteiger partial charge in [0.05, 0.1) is 6.54 Å². The number of carbonyl (C=O) groups is 4. The van der Waals surface area contributed by atoms with Gasteiger partial charge in [0.25, 0.3) is 0 Å². The van der Waals surface area contributed by atoms with Crippen LogP contribution in [0.4, 0.5) is 0 Å². The maximum atomic E-state index is 12.9. The molecule has 13 heteroatoms. The summed E-state index contributed by atoms with van der Waals surface area (Å²) in [6, 6.07) is -3.06. The summed E-state index contributed by atoms with van der Waals surface area (Å²) in [6.45, 7) is 4.11. The zero-order chi connectivity index (χ0) is 25.4. The second-order valence-electron chi connectivity index (χ2n) is 8.15. The lowest BCUT2D eigenvalue weighted by Crippen LogP contribution is -2.56. The molecule has 0 aromatic carbocycles. The SMILES string of the molecule is CC(C)CC(NC(=O)CN)C(=O)NC(CCCN=C(N)N)C(=O)NC(CCCCN)C(=O)O. The normalized spacial score (nSPS) is 13.5. The molecule has 0 fully saturated rings. The van der Waals surface area contributed by atoms with E-state index >= 15 is 0 Å². The number of hydrogen-bond acceptors (Lipinski definition) is 7. The first-order valence-corrected chi connectivity index (χ1v) is 11.1. The smallest absolute Gasteiger partial charge is 0.326 e. The zero-order valence-electron chi connectivity index (χ0n) is 19.5. The average molecular weight is 473 g/mol. The average Bonchev–Trinajstić information content (AvgIpc) is 2.73. The number of amides is 3. The van der Waals surface area contributed by atoms with Crippen molar-refractivity contribution in [3.8, 4) is 0 Å². The highest BCUT2D eigenvalue weighted by Gasteiger charge is 2.29. The Morgan fingerprint density at radius 3 is 1.94 bits per heavy atom. The fourth-order valence-electron chi connectivity index (χ4n) is 3.02. The quantitative estimate of drug-likeness (QED) is 0.0644. The Hall–Kier alpha value is -2.93. The van der Waals surface area contributed by atoms with Gasteiger partial charge in [-0.25, -0.2) is 4.79 Å². The second-order valence-corrected chi connectivity index (χ2v) is 8.15. The van der Waals surface area contributed by atoms with Crippen LogP contribution in [-0.2, 0) is 19.2 Å². The molecule has 3 unspecified atom stereocenters. The largest absolute Gasteiger partial charge is 0.480 e. The number of nitrogens with one attached hydrogen (secondary N) is 3. The molecule has 3 atom stereocenters. The third-order valence-corrected chi connectivity index (χ3v) is 4.68. The minimum Gasteiger partial charge on any atom is -0.480 e. The number of rotatable bonds is 17. The molecule has 0 rings (SSSR count). The fourth-order valence-corrected chi connectivity index (χ4v) is 3.02. The van der Waals surface area contributed by atoms with Gasteiger partial charge in [-0.2, -0.15) is 0 Å². The van der Waals surface area contributed by atoms with Crippen LogP contribution in [0.15, 0.2) is 4.99 Å². The van der Waals surface area contributed by atoms with Gasteiger partial charge in [-0.05, 0) is 51.0 Å². The van der Waals surface area contributed by atoms with Gasteiger partial charge in [-0.15, -0.1) is 0 Å². The van der Waals surface area contributed by atoms with E-state index in [9.17, 15) is 24.3 Å². The highest BCUT2D eigenvalue weighted by Crippen LogP contribution is 2.08. The van der Waals surface area contributed by atoms with Crippen LogP contribution in [0.2, 0.25) is 0 Å². The maximum Gasteiger partial charge on any atom is 0.326 e. The van der Waals surface area contributed by atoms with Crippen molar-refractivity contribution in [3.05, 3.63) is 0 Å². The van der Waals surface area contributed by atoms with Gasteiger partial charge in [0.1, 0.15) is 18.1 Å². The number of carboxylic acid groups (broad SMARTS) is 1. The van der Waals surface area contributed by atoms with Gasteiger partial charge in [0, 0.05) is 6.54 Å². The predicted molar refractivity (Wildman–Crippen MR) is 125 cm³/mol. The molecule has 190 valence electrons. The molecule has 12 N–H and O–H groups in total. The highest BCUT2D eigenvalue weighted by molar-refractivity contribution is 5.93. The third-order valence-electron chi connectivity index (χ3n) is 4.68. The summed E-state index contributed by atoms with van der Waals surface area (Å²) in [4.78, 5) is 52.9. The molecule has 0 spiro atoms. The zero-order valence-corrected chi connectivity index (χ0v) is 19.5. The van der Waals surface area contributed by atoms with E-state index < -0.39 is 41.8 Å². The minimum atomic E-state index is -1.18. The monoisotopic (exact) mass is 472 g/mol. The van der Waals surface area contributed by atoms with Crippen molar-refractivity contribution in [2.75, 3.05) is 19.6 Å². The van der Waals surface area contributed by atoms with E-state index in [4.69, 9.17) is 22.9 Å². The molecule has 0 aliphatic heterocycles. The van der Waals surface area contributed by atoms with Crippen LogP contribution in [0, 0.1) is 5.92 Å². The van der Waals surface area contributed by atoms with Crippen LogP contribution in [0.3, 0.4) is 0 Å². The molecule has 13 nitrogen and oxygen atoms in total. The number of guanidine groups is 1. The van der Waals surface area contributed by atoms with E-state index in [2.05, 4.69) is 20.9 Å². The Balaban J connectivity index is 5.43. The summed E-state index contributed by atoms with van der Waals surface area (Å²) in [5.41, 5.74) is 21.4. The lowest BCUT2D eigenvalue weighted by atomic mass is 10.0. The number of carboxylic acids is 1. The number of hydrogen-bond donors (Lipinski definition) is 8. The van der Waals surface area contributed by atoms with Crippen molar-refractivity contribution in [1.29, 1.82) is 0 Å². The van der Waals surface area contributed by atoms with Gasteiger partial charge >= 0.3 is 5.97 Å². The summed E-state index contributed by atoms with van der Waals surface area (Å²) in [7, 11) is 0. The minimum absolute atomic E-state index is 0.0758. The highest BCUT2D eigenvalue weighted by atomic mass is 16.4. The molecule has 0 radical (unpaired) electrons. The van der Waals surface area contributed by atoms with Crippen LogP contribution in [-0.4, -0.2) is 72.5 Å². The van der Waals surface area contributed by atoms with E-state index in [1.807, 2.05) is 13.8 Å². The van der Waals surface area contributed by atoms with Gasteiger partial charge in [0.15, 0.2) is 5.96 Å². The standard InChI is InChI=1S/C20H40N8O5/c1-12(2)10-15(26-16(29)11-22)18(31)27-13(7-5-9-25-20(23)24)17(30)28-14(19(32)33)6-3-4-8-21/h12-15H,3-11,21-22H2,1-2H3,(H,26,29)(H,27,31)(H,28,30)(H,32,33)(H4,23,24,25). The van der Waals surface area contributed by atoms with Crippen molar-refractivity contribution in [2.24, 2.45) is 33.8 Å². The molecule has 0 aliphatic carbocycles. The Kier molecular flexibility index (Phi) is 15.2. The molecule has 0 aromatic rings. The maximum absolute atomic E-state index is 12.9. The molecule has 33 heavy (non-hydrogen) atoms. The van der Waals surface area contributed by atoms with Crippen molar-refractivity contribution in [2.45, 2.75) is 70.5 Å². The Morgan fingerprint density at radius 1 is 0.848 bits per heavy atom. The Morgan fingerprint density at radius 2 is 1.42 bits per heavy atom. The Bertz CT molecular complexity index is 667. The number of aliphatic imine (C=N–C) groups is 1. The molecule has 0 aliphatic rings. The van der Waals surface area contributed by atoms with E-state index in [0.717, 1.165) is 0 Å². The number of nitrogens with zero attached hydrogens (tertiary/aromatic N) is 1. The summed E-state index contributed by atoms with van der Waals surface area (Å²) in [5, 5.41) is 17.1. The summed E-state index contributed by atoms with van der Waals surface area (Å²) in [6.07, 6.45) is 2.19. The molecule has 0 bridgehead atoms. The van der Waals surface area contributed by atoms with Crippen molar-refractivity contribution < 1.29 is 24.3 Å². The number of nitrogens with two attached hydrogens (primary N) is 4. The van der Waals surface area contributed by atoms with E-state index in [1.54, 1.807) is 0 Å². The van der Waals surface area contributed by atoms with Crippen LogP contribution >= 0.6 is 0 Å². The van der Waals surface area contributed by atoms with Crippen molar-refractivity contribution >= 4 is 29.7 Å². The van der Waals surface area contributed by atoms with Gasteiger partial charge in [-0.1, -0.05) is 13.8 Å². The molecule has 0 saturated carbocycles. The van der Waals surface area contributed by atoms with E-state index in [1.165, 1.54) is 0 Å². The number of carbonyl (C=O) groups excluding carboxylic acids is 3. The first-order valence-electron chi connectivity index (χ1n) is 11.1. The predicted octanol–water partition coefficient (Wildman–Crippen LogP) is -2.29. The second kappa shape index (κ2) is 16.7. The van der Waals surface area contributed by atoms with Crippen LogP contribution in [0.1, 0.15) is 52.4 Å². The van der Waals surface area contributed by atoms with E-state index in [-0.39, 0.29) is 37.8 Å². The van der Waals surface area contributed by atoms with Crippen LogP contribution in [0.5, 0.6) is 0 Å². The van der Waals surface area contributed by atoms with E-state index in [0.29, 0.717) is 32.2 Å². The summed E-state index contributed by atoms with van der Waals surface area (Å²) >= 11 is 0. The lowest BCUT2D eigenvalue weighted by Gasteiger charge is -2.25. The summed E-state index contributed by atoms with van der Waals surface area (Å²) in [5.74, 6) is -2.93. The van der Waals surface area contributed by atoms with Gasteiger partial charge < -0.3 is 44.0 Å². The number of aliphatic carboxylic acids is 1. The molecular weight excluding hydrogens is 432 g/mol. The number of unbranched alkanes of at least 4 members (excludes halogenated alkanes) is 1. The first-order chi connectivity index (χ1) is 15.5. The molecular formula is C20H40N8O5. The van der Waals surface area contributed by atoms with Crippen LogP contribution < -0.4 is 38.9 Å². The van der Waals surface area contributed by atoms with Crippen molar-refractivity contribution in [3.63, 3.8) is 0 Å². The Labute approximate surface area is 194 Å². The first kappa shape index (κ1) is 30.1. The molecule has 0 aromatic heterocycles. The van der Waals surface area contributed by atoms with Crippen LogP contribution in [0.25, 0.3) is 0 Å². The topological polar surface area (TPSA) is 241 Å². The molecule has 3 amide bonds. The fraction of sp³-hybridized carbons (Fsp3) is 0.750. The van der Waals surface area contributed by atoms with Gasteiger partial charge in [-0.3, -0.25) is 19.4 Å². The molecule has 0 saturated heterocycles. The molecule has 0 heterocycles. The van der Waals surface area contributed by atoms with Crippen molar-refractivity contribution in [1.82, 2.24) is 16.0 Å². The summed E-state index contributed by atoms with van der Waals surface area (Å²) < 4.78 is 0. The van der Waals surface area contributed by atoms with Gasteiger partial charge in [0.2, 0.25) is 17.7 Å². The third kappa shape index (κ3) is 14.0.